The van der Waals surface area contributed by atoms with Crippen molar-refractivity contribution < 1.29 is 14.1 Å². The van der Waals surface area contributed by atoms with Crippen LogP contribution in [0, 0.1) is 0 Å². The molecule has 78 valence electrons. The van der Waals surface area contributed by atoms with E-state index in [1.807, 2.05) is 0 Å². The Labute approximate surface area is 83.2 Å². The third-order valence-corrected chi connectivity index (χ3v) is 3.78. The van der Waals surface area contributed by atoms with Crippen LogP contribution < -0.4 is 0 Å². The molecule has 3 nitrogen and oxygen atoms in total. The van der Waals surface area contributed by atoms with E-state index in [-0.39, 0.29) is 5.56 Å². The van der Waals surface area contributed by atoms with Crippen LogP contribution in [-0.4, -0.2) is 34.1 Å². The van der Waals surface area contributed by atoms with Crippen LogP contribution in [0.1, 0.15) is 10.4 Å². The Kier molecular flexibility index (Phi) is 2.27. The highest BCUT2D eigenvalue weighted by molar-refractivity contribution is 8.18. The van der Waals surface area contributed by atoms with E-state index < -0.39 is 15.0 Å². The average Bonchev–Trinajstić information content (AvgIpc) is 2.01. The molecule has 1 N–H and O–H groups in total. The number of carboxylic acids is 1. The number of benzene rings is 1. The molecule has 14 heavy (non-hydrogen) atoms. The molecule has 4 heteroatoms. The predicted molar refractivity (Wildman–Crippen MR) is 57.6 cm³/mol. The van der Waals surface area contributed by atoms with Crippen molar-refractivity contribution in [3.8, 4) is 0 Å². The standard InChI is InChI=1S/C10H14O3S/c1-14(2,3,13)9-6-4-8(5-7-9)10(11)12/h4-7H,1-3H3,(H,11,12). The van der Waals surface area contributed by atoms with Crippen molar-refractivity contribution in [2.75, 3.05) is 18.8 Å². The van der Waals surface area contributed by atoms with Crippen molar-refractivity contribution in [1.29, 1.82) is 0 Å². The molecule has 0 aliphatic heterocycles. The number of hydrogen-bond acceptors (Lipinski definition) is 2. The molecule has 1 aromatic rings. The lowest BCUT2D eigenvalue weighted by Crippen LogP contribution is -2.27. The number of aromatic carboxylic acids is 1. The van der Waals surface area contributed by atoms with E-state index >= 15 is 0 Å². The second-order valence-corrected chi connectivity index (χ2v) is 9.56. The zero-order valence-corrected chi connectivity index (χ0v) is 9.30. The highest BCUT2D eigenvalue weighted by Crippen LogP contribution is 2.25. The maximum atomic E-state index is 12.1. The van der Waals surface area contributed by atoms with Gasteiger partial charge in [-0.1, -0.05) is 9.07 Å². The maximum Gasteiger partial charge on any atom is 0.335 e. The molecule has 0 bridgehead atoms. The van der Waals surface area contributed by atoms with Crippen LogP contribution in [0.2, 0.25) is 0 Å². The highest BCUT2D eigenvalue weighted by atomic mass is 32.3. The first-order valence-corrected chi connectivity index (χ1v) is 7.29. The Bertz CT molecular complexity index is 414. The van der Waals surface area contributed by atoms with Crippen LogP contribution in [0.25, 0.3) is 0 Å². The van der Waals surface area contributed by atoms with Crippen LogP contribution in [0.15, 0.2) is 29.2 Å². The minimum atomic E-state index is -2.76. The van der Waals surface area contributed by atoms with E-state index in [2.05, 4.69) is 0 Å². The third kappa shape index (κ3) is 2.42. The molecule has 0 aliphatic carbocycles. The van der Waals surface area contributed by atoms with Gasteiger partial charge in [0.05, 0.1) is 5.56 Å². The summed E-state index contributed by atoms with van der Waals surface area (Å²) in [7, 11) is -2.76. The molecular formula is C10H14O3S. The minimum Gasteiger partial charge on any atom is -0.478 e. The van der Waals surface area contributed by atoms with Gasteiger partial charge in [-0.15, -0.1) is 0 Å². The maximum absolute atomic E-state index is 12.1. The van der Waals surface area contributed by atoms with Crippen molar-refractivity contribution in [2.24, 2.45) is 0 Å². The second kappa shape index (κ2) is 2.92. The Hall–Kier alpha value is -1.16. The summed E-state index contributed by atoms with van der Waals surface area (Å²) in [6.07, 6.45) is 5.02. The molecule has 0 aliphatic rings. The van der Waals surface area contributed by atoms with E-state index in [1.165, 1.54) is 12.1 Å². The largest absolute Gasteiger partial charge is 0.478 e. The van der Waals surface area contributed by atoms with Gasteiger partial charge in [0.15, 0.2) is 0 Å². The van der Waals surface area contributed by atoms with Crippen molar-refractivity contribution in [2.45, 2.75) is 4.90 Å². The van der Waals surface area contributed by atoms with Crippen LogP contribution in [-0.2, 0) is 9.07 Å². The molecule has 0 heterocycles. The Morgan fingerprint density at radius 2 is 1.57 bits per heavy atom. The van der Waals surface area contributed by atoms with Crippen molar-refractivity contribution in [3.05, 3.63) is 29.8 Å². The van der Waals surface area contributed by atoms with Crippen molar-refractivity contribution in [1.82, 2.24) is 0 Å². The number of carboxylic acid groups (broad SMARTS) is 1. The lowest BCUT2D eigenvalue weighted by Gasteiger charge is -2.28. The van der Waals surface area contributed by atoms with Gasteiger partial charge < -0.3 is 5.11 Å². The molecule has 0 saturated heterocycles. The SMILES string of the molecule is CS(C)(C)(=O)c1ccc(C(=O)O)cc1. The summed E-state index contributed by atoms with van der Waals surface area (Å²) < 4.78 is 12.1. The Balaban J connectivity index is 3.20. The molecular weight excluding hydrogens is 200 g/mol. The summed E-state index contributed by atoms with van der Waals surface area (Å²) in [5.41, 5.74) is 0.213. The normalized spacial score (nSPS) is 14.4. The quantitative estimate of drug-likeness (QED) is 0.810. The monoisotopic (exact) mass is 214 g/mol. The summed E-state index contributed by atoms with van der Waals surface area (Å²) in [6.45, 7) is 0. The molecule has 0 unspecified atom stereocenters. The zero-order chi connectivity index (χ0) is 11.0. The number of rotatable bonds is 2. The van der Waals surface area contributed by atoms with Gasteiger partial charge in [-0.3, -0.25) is 4.21 Å². The lowest BCUT2D eigenvalue weighted by atomic mass is 10.2. The number of carbonyl (C=O) groups is 1. The molecule has 1 rings (SSSR count). The molecule has 0 spiro atoms. The van der Waals surface area contributed by atoms with Crippen molar-refractivity contribution in [3.63, 3.8) is 0 Å². The molecule has 0 fully saturated rings. The Morgan fingerprint density at radius 3 is 1.86 bits per heavy atom. The first-order chi connectivity index (χ1) is 6.17. The van der Waals surface area contributed by atoms with Gasteiger partial charge in [-0.05, 0) is 43.0 Å². The predicted octanol–water partition coefficient (Wildman–Crippen LogP) is 1.45. The Morgan fingerprint density at radius 1 is 1.14 bits per heavy atom. The lowest BCUT2D eigenvalue weighted by molar-refractivity contribution is 0.0697. The number of hydrogen-bond donors (Lipinski definition) is 1. The van der Waals surface area contributed by atoms with Gasteiger partial charge >= 0.3 is 5.97 Å². The van der Waals surface area contributed by atoms with Gasteiger partial charge in [-0.25, -0.2) is 4.79 Å². The van der Waals surface area contributed by atoms with Gasteiger partial charge in [0, 0.05) is 4.90 Å². The smallest absolute Gasteiger partial charge is 0.335 e. The molecule has 0 radical (unpaired) electrons. The van der Waals surface area contributed by atoms with Crippen LogP contribution in [0.5, 0.6) is 0 Å². The summed E-state index contributed by atoms with van der Waals surface area (Å²) in [6, 6.07) is 6.17. The van der Waals surface area contributed by atoms with E-state index in [4.69, 9.17) is 5.11 Å². The summed E-state index contributed by atoms with van der Waals surface area (Å²) >= 11 is 0. The average molecular weight is 214 g/mol. The first-order valence-electron chi connectivity index (χ1n) is 4.09. The fraction of sp³-hybridized carbons (Fsp3) is 0.300. The van der Waals surface area contributed by atoms with Gasteiger partial charge in [0.2, 0.25) is 0 Å². The molecule has 0 aromatic heterocycles. The molecule has 0 saturated carbocycles. The van der Waals surface area contributed by atoms with E-state index in [0.717, 1.165) is 0 Å². The minimum absolute atomic E-state index is 0.213. The summed E-state index contributed by atoms with van der Waals surface area (Å²) in [5.74, 6) is -0.969. The van der Waals surface area contributed by atoms with E-state index in [0.29, 0.717) is 4.90 Å². The first kappa shape index (κ1) is 10.9. The molecule has 1 aromatic carbocycles. The van der Waals surface area contributed by atoms with Gasteiger partial charge in [0.25, 0.3) is 0 Å². The third-order valence-electron chi connectivity index (χ3n) is 1.90. The fourth-order valence-corrected chi connectivity index (χ4v) is 2.13. The topological polar surface area (TPSA) is 54.4 Å². The van der Waals surface area contributed by atoms with Crippen LogP contribution >= 0.6 is 0 Å². The van der Waals surface area contributed by atoms with E-state index in [9.17, 15) is 9.00 Å². The molecule has 0 atom stereocenters. The van der Waals surface area contributed by atoms with Crippen molar-refractivity contribution >= 4 is 15.0 Å². The van der Waals surface area contributed by atoms with Crippen LogP contribution in [0.3, 0.4) is 0 Å². The molecule has 0 amide bonds. The summed E-state index contributed by atoms with van der Waals surface area (Å²) in [5, 5.41) is 8.67. The summed E-state index contributed by atoms with van der Waals surface area (Å²) in [4.78, 5) is 11.3. The van der Waals surface area contributed by atoms with Gasteiger partial charge in [-0.2, -0.15) is 0 Å². The fourth-order valence-electron chi connectivity index (χ4n) is 1.06. The van der Waals surface area contributed by atoms with Crippen LogP contribution in [0.4, 0.5) is 0 Å². The van der Waals surface area contributed by atoms with Gasteiger partial charge in [0.1, 0.15) is 0 Å². The zero-order valence-electron chi connectivity index (χ0n) is 8.48. The highest BCUT2D eigenvalue weighted by Gasteiger charge is 2.20. The van der Waals surface area contributed by atoms with E-state index in [1.54, 1.807) is 30.9 Å². The second-order valence-electron chi connectivity index (χ2n) is 4.25.